The van der Waals surface area contributed by atoms with Gasteiger partial charge in [-0.15, -0.1) is 0 Å². The van der Waals surface area contributed by atoms with E-state index in [1.807, 2.05) is 0 Å². The summed E-state index contributed by atoms with van der Waals surface area (Å²) < 4.78 is 1.78. The summed E-state index contributed by atoms with van der Waals surface area (Å²) in [5.74, 6) is 1.22. The molecule has 1 atom stereocenters. The fourth-order valence-electron chi connectivity index (χ4n) is 2.90. The summed E-state index contributed by atoms with van der Waals surface area (Å²) in [6.45, 7) is 10.1. The topological polar surface area (TPSA) is 50.2 Å². The number of hydrogen-bond acceptors (Lipinski definition) is 4. The van der Waals surface area contributed by atoms with E-state index in [2.05, 4.69) is 36.0 Å². The molecule has 5 nitrogen and oxygen atoms in total. The van der Waals surface area contributed by atoms with Crippen molar-refractivity contribution in [2.75, 3.05) is 24.5 Å². The number of piperidine rings is 1. The number of nitrogens with one attached hydrogen (secondary N) is 1. The first-order valence-corrected chi connectivity index (χ1v) is 8.15. The molecule has 0 amide bonds. The minimum Gasteiger partial charge on any atom is -0.352 e. The second-order valence-electron chi connectivity index (χ2n) is 6.27. The highest BCUT2D eigenvalue weighted by Gasteiger charge is 2.23. The predicted molar refractivity (Wildman–Crippen MR) is 86.9 cm³/mol. The molecule has 0 aromatic carbocycles. The van der Waals surface area contributed by atoms with Gasteiger partial charge in [-0.05, 0) is 31.7 Å². The van der Waals surface area contributed by atoms with E-state index in [-0.39, 0.29) is 5.56 Å². The third kappa shape index (κ3) is 4.30. The Labute approximate surface area is 127 Å². The number of hydrogen-bond donors (Lipinski definition) is 1. The van der Waals surface area contributed by atoms with Crippen molar-refractivity contribution in [2.24, 2.45) is 5.92 Å². The third-order valence-corrected chi connectivity index (χ3v) is 3.99. The van der Waals surface area contributed by atoms with E-state index in [1.165, 1.54) is 6.42 Å². The van der Waals surface area contributed by atoms with E-state index in [0.717, 1.165) is 39.0 Å². The zero-order chi connectivity index (χ0) is 15.2. The minimum atomic E-state index is 0.0526. The summed E-state index contributed by atoms with van der Waals surface area (Å²) in [5, 5.41) is 3.50. The van der Waals surface area contributed by atoms with Crippen molar-refractivity contribution in [1.29, 1.82) is 0 Å². The largest absolute Gasteiger partial charge is 0.352 e. The maximum Gasteiger partial charge on any atom is 0.293 e. The molecule has 21 heavy (non-hydrogen) atoms. The van der Waals surface area contributed by atoms with Crippen LogP contribution in [0.4, 0.5) is 5.82 Å². The Morgan fingerprint density at radius 2 is 2.29 bits per heavy atom. The lowest BCUT2D eigenvalue weighted by Gasteiger charge is -2.33. The first-order chi connectivity index (χ1) is 10.1. The maximum absolute atomic E-state index is 12.5. The van der Waals surface area contributed by atoms with Crippen LogP contribution in [-0.2, 0) is 6.54 Å². The van der Waals surface area contributed by atoms with Crippen LogP contribution in [0.5, 0.6) is 0 Å². The smallest absolute Gasteiger partial charge is 0.293 e. The van der Waals surface area contributed by atoms with Crippen LogP contribution in [0.3, 0.4) is 0 Å². The Balaban J connectivity index is 2.07. The van der Waals surface area contributed by atoms with Crippen molar-refractivity contribution in [3.63, 3.8) is 0 Å². The summed E-state index contributed by atoms with van der Waals surface area (Å²) >= 11 is 0. The molecule has 1 aromatic rings. The van der Waals surface area contributed by atoms with Crippen LogP contribution in [0.1, 0.15) is 40.0 Å². The van der Waals surface area contributed by atoms with Gasteiger partial charge < -0.3 is 14.8 Å². The van der Waals surface area contributed by atoms with Gasteiger partial charge in [0.05, 0.1) is 0 Å². The zero-order valence-electron chi connectivity index (χ0n) is 13.5. The normalized spacial score (nSPS) is 19.2. The summed E-state index contributed by atoms with van der Waals surface area (Å²) in [7, 11) is 0. The molecule has 2 heterocycles. The first kappa shape index (κ1) is 16.0. The van der Waals surface area contributed by atoms with Crippen LogP contribution in [0.25, 0.3) is 0 Å². The molecule has 0 bridgehead atoms. The lowest BCUT2D eigenvalue weighted by Crippen LogP contribution is -2.44. The fraction of sp³-hybridized carbons (Fsp3) is 0.750. The van der Waals surface area contributed by atoms with Crippen LogP contribution in [0.15, 0.2) is 17.2 Å². The molecule has 1 unspecified atom stereocenters. The van der Waals surface area contributed by atoms with Gasteiger partial charge in [0, 0.05) is 38.1 Å². The van der Waals surface area contributed by atoms with Gasteiger partial charge in [0.2, 0.25) is 0 Å². The first-order valence-electron chi connectivity index (χ1n) is 8.15. The van der Waals surface area contributed by atoms with Crippen molar-refractivity contribution in [3.8, 4) is 0 Å². The summed E-state index contributed by atoms with van der Waals surface area (Å²) in [6.07, 6.45) is 6.87. The second kappa shape index (κ2) is 7.59. The second-order valence-corrected chi connectivity index (χ2v) is 6.27. The molecule has 0 spiro atoms. The molecule has 5 heteroatoms. The summed E-state index contributed by atoms with van der Waals surface area (Å²) in [4.78, 5) is 19.0. The molecule has 0 aliphatic carbocycles. The molecule has 0 radical (unpaired) electrons. The molecule has 2 rings (SSSR count). The van der Waals surface area contributed by atoms with Crippen molar-refractivity contribution >= 4 is 5.82 Å². The number of nitrogens with zero attached hydrogens (tertiary/aromatic N) is 3. The molecule has 118 valence electrons. The van der Waals surface area contributed by atoms with E-state index in [1.54, 1.807) is 17.0 Å². The third-order valence-electron chi connectivity index (χ3n) is 3.99. The van der Waals surface area contributed by atoms with E-state index in [4.69, 9.17) is 0 Å². The van der Waals surface area contributed by atoms with E-state index in [0.29, 0.717) is 17.8 Å². The molecule has 1 aromatic heterocycles. The highest BCUT2D eigenvalue weighted by molar-refractivity contribution is 5.36. The molecule has 1 aliphatic heterocycles. The Hall–Kier alpha value is -1.36. The Kier molecular flexibility index (Phi) is 5.79. The molecular formula is C16H28N4O. The molecule has 1 aliphatic rings. The fourth-order valence-corrected chi connectivity index (χ4v) is 2.90. The van der Waals surface area contributed by atoms with Gasteiger partial charge in [0.25, 0.3) is 5.56 Å². The van der Waals surface area contributed by atoms with Crippen LogP contribution < -0.4 is 15.8 Å². The van der Waals surface area contributed by atoms with Crippen LogP contribution in [0, 0.1) is 5.92 Å². The van der Waals surface area contributed by atoms with Crippen molar-refractivity contribution < 1.29 is 0 Å². The van der Waals surface area contributed by atoms with E-state index >= 15 is 0 Å². The van der Waals surface area contributed by atoms with Crippen LogP contribution >= 0.6 is 0 Å². The van der Waals surface area contributed by atoms with Gasteiger partial charge in [-0.25, -0.2) is 4.98 Å². The van der Waals surface area contributed by atoms with Gasteiger partial charge in [-0.2, -0.15) is 0 Å². The number of aromatic nitrogens is 2. The lowest BCUT2D eigenvalue weighted by atomic mass is 9.98. The van der Waals surface area contributed by atoms with Crippen molar-refractivity contribution in [2.45, 2.75) is 52.6 Å². The zero-order valence-corrected chi connectivity index (χ0v) is 13.5. The molecule has 1 saturated heterocycles. The Morgan fingerprint density at radius 1 is 1.48 bits per heavy atom. The van der Waals surface area contributed by atoms with Gasteiger partial charge in [-0.3, -0.25) is 4.79 Å². The number of aryl methyl sites for hydroxylation is 1. The molecule has 0 saturated carbocycles. The maximum atomic E-state index is 12.5. The highest BCUT2D eigenvalue weighted by Crippen LogP contribution is 2.19. The van der Waals surface area contributed by atoms with Crippen molar-refractivity contribution in [3.05, 3.63) is 22.7 Å². The van der Waals surface area contributed by atoms with Crippen LogP contribution in [-0.4, -0.2) is 35.2 Å². The SMILES string of the molecule is CCCn1ccnc(N2CCCC(CNC(C)C)C2)c1=O. The molecule has 1 fully saturated rings. The average Bonchev–Trinajstić information content (AvgIpc) is 2.48. The predicted octanol–water partition coefficient (Wildman–Crippen LogP) is 1.87. The van der Waals surface area contributed by atoms with Gasteiger partial charge in [-0.1, -0.05) is 20.8 Å². The molecular weight excluding hydrogens is 264 g/mol. The summed E-state index contributed by atoms with van der Waals surface area (Å²) in [5.41, 5.74) is 0.0526. The highest BCUT2D eigenvalue weighted by atomic mass is 16.1. The van der Waals surface area contributed by atoms with Gasteiger partial charge in [0.15, 0.2) is 5.82 Å². The Morgan fingerprint density at radius 3 is 3.00 bits per heavy atom. The quantitative estimate of drug-likeness (QED) is 0.869. The minimum absolute atomic E-state index is 0.0526. The van der Waals surface area contributed by atoms with E-state index < -0.39 is 0 Å². The average molecular weight is 292 g/mol. The van der Waals surface area contributed by atoms with Gasteiger partial charge >= 0.3 is 0 Å². The van der Waals surface area contributed by atoms with Crippen molar-refractivity contribution in [1.82, 2.24) is 14.9 Å². The lowest BCUT2D eigenvalue weighted by molar-refractivity contribution is 0.377. The molecule has 1 N–H and O–H groups in total. The van der Waals surface area contributed by atoms with Crippen LogP contribution in [0.2, 0.25) is 0 Å². The van der Waals surface area contributed by atoms with E-state index in [9.17, 15) is 4.79 Å². The standard InChI is InChI=1S/C16H28N4O/c1-4-8-19-10-7-17-15(16(19)21)20-9-5-6-14(12-20)11-18-13(2)3/h7,10,13-14,18H,4-6,8-9,11-12H2,1-3H3. The number of rotatable bonds is 6. The summed E-state index contributed by atoms with van der Waals surface area (Å²) in [6, 6.07) is 0.511. The number of anilines is 1. The monoisotopic (exact) mass is 292 g/mol. The Bertz CT molecular complexity index is 497. The van der Waals surface area contributed by atoms with Gasteiger partial charge in [0.1, 0.15) is 0 Å².